The second-order valence-electron chi connectivity index (χ2n) is 2.56. The number of hydrogen-bond donors (Lipinski definition) is 2. The maximum atomic E-state index is 5.82. The molecule has 0 saturated heterocycles. The molecule has 0 amide bonds. The number of nitrogens with two attached hydrogens (primary N) is 2. The van der Waals surface area contributed by atoms with Crippen molar-refractivity contribution in [3.8, 4) is 0 Å². The van der Waals surface area contributed by atoms with Crippen molar-refractivity contribution in [1.82, 2.24) is 0 Å². The average molecular weight is 199 g/mol. The topological polar surface area (TPSA) is 52.0 Å². The summed E-state index contributed by atoms with van der Waals surface area (Å²) in [6.45, 7) is 0. The van der Waals surface area contributed by atoms with E-state index in [9.17, 15) is 0 Å². The van der Waals surface area contributed by atoms with Gasteiger partial charge in [-0.15, -0.1) is 11.3 Å². The van der Waals surface area contributed by atoms with Crippen molar-refractivity contribution in [2.75, 3.05) is 11.5 Å². The Balaban J connectivity index is 2.92. The fourth-order valence-electron chi connectivity index (χ4n) is 1.15. The highest BCUT2D eigenvalue weighted by Crippen LogP contribution is 2.34. The highest BCUT2D eigenvalue weighted by atomic mass is 35.5. The fraction of sp³-hybridized carbons (Fsp3) is 0. The van der Waals surface area contributed by atoms with Gasteiger partial charge in [-0.05, 0) is 12.1 Å². The normalized spacial score (nSPS) is 10.8. The van der Waals surface area contributed by atoms with E-state index >= 15 is 0 Å². The van der Waals surface area contributed by atoms with Gasteiger partial charge in [0.2, 0.25) is 0 Å². The van der Waals surface area contributed by atoms with Gasteiger partial charge in [-0.3, -0.25) is 0 Å². The molecule has 0 radical (unpaired) electrons. The first-order valence-electron chi connectivity index (χ1n) is 3.40. The van der Waals surface area contributed by atoms with Crippen molar-refractivity contribution >= 4 is 44.4 Å². The third kappa shape index (κ3) is 1.02. The quantitative estimate of drug-likeness (QED) is 0.640. The lowest BCUT2D eigenvalue weighted by atomic mass is 10.2. The zero-order valence-corrected chi connectivity index (χ0v) is 7.75. The van der Waals surface area contributed by atoms with Crippen LogP contribution in [0.3, 0.4) is 0 Å². The molecule has 1 heterocycles. The molecule has 2 aromatic rings. The van der Waals surface area contributed by atoms with E-state index in [2.05, 4.69) is 0 Å². The molecule has 1 aromatic heterocycles. The summed E-state index contributed by atoms with van der Waals surface area (Å²) < 4.78 is 1.01. The van der Waals surface area contributed by atoms with Gasteiger partial charge in [-0.2, -0.15) is 0 Å². The Kier molecular flexibility index (Phi) is 1.63. The van der Waals surface area contributed by atoms with Gasteiger partial charge in [0.15, 0.2) is 0 Å². The highest BCUT2D eigenvalue weighted by molar-refractivity contribution is 7.18. The SMILES string of the molecule is Nc1csc2c(N)cc(Cl)cc12. The minimum Gasteiger partial charge on any atom is -0.398 e. The van der Waals surface area contributed by atoms with Crippen LogP contribution >= 0.6 is 22.9 Å². The molecule has 4 heteroatoms. The molecular formula is C8H7ClN2S. The second kappa shape index (κ2) is 2.54. The van der Waals surface area contributed by atoms with E-state index in [0.29, 0.717) is 10.7 Å². The van der Waals surface area contributed by atoms with E-state index in [-0.39, 0.29) is 0 Å². The summed E-state index contributed by atoms with van der Waals surface area (Å²) in [6, 6.07) is 3.57. The van der Waals surface area contributed by atoms with Crippen LogP contribution in [0.4, 0.5) is 11.4 Å². The van der Waals surface area contributed by atoms with Crippen molar-refractivity contribution in [1.29, 1.82) is 0 Å². The summed E-state index contributed by atoms with van der Waals surface area (Å²) in [6.07, 6.45) is 0. The average Bonchev–Trinajstić information content (AvgIpc) is 2.33. The molecule has 62 valence electrons. The maximum absolute atomic E-state index is 5.82. The molecule has 0 spiro atoms. The van der Waals surface area contributed by atoms with Crippen LogP contribution in [0.2, 0.25) is 5.02 Å². The number of nitrogen functional groups attached to an aromatic ring is 2. The van der Waals surface area contributed by atoms with Gasteiger partial charge in [-0.25, -0.2) is 0 Å². The Morgan fingerprint density at radius 2 is 1.92 bits per heavy atom. The Morgan fingerprint density at radius 1 is 1.17 bits per heavy atom. The molecule has 0 bridgehead atoms. The lowest BCUT2D eigenvalue weighted by Gasteiger charge is -1.97. The first kappa shape index (κ1) is 7.71. The van der Waals surface area contributed by atoms with Crippen molar-refractivity contribution < 1.29 is 0 Å². The van der Waals surface area contributed by atoms with Crippen LogP contribution in [0.15, 0.2) is 17.5 Å². The van der Waals surface area contributed by atoms with Crippen LogP contribution in [0.25, 0.3) is 10.1 Å². The molecule has 0 fully saturated rings. The Hall–Kier alpha value is -0.930. The van der Waals surface area contributed by atoms with Crippen molar-refractivity contribution in [2.24, 2.45) is 0 Å². The van der Waals surface area contributed by atoms with Gasteiger partial charge >= 0.3 is 0 Å². The largest absolute Gasteiger partial charge is 0.398 e. The van der Waals surface area contributed by atoms with Gasteiger partial charge < -0.3 is 11.5 Å². The van der Waals surface area contributed by atoms with Crippen LogP contribution in [-0.4, -0.2) is 0 Å². The number of fused-ring (bicyclic) bond motifs is 1. The van der Waals surface area contributed by atoms with Crippen LogP contribution in [-0.2, 0) is 0 Å². The molecule has 2 nitrogen and oxygen atoms in total. The Morgan fingerprint density at radius 3 is 2.67 bits per heavy atom. The molecule has 0 unspecified atom stereocenters. The van der Waals surface area contributed by atoms with Crippen LogP contribution in [0, 0.1) is 0 Å². The predicted molar refractivity (Wildman–Crippen MR) is 55.7 cm³/mol. The summed E-state index contributed by atoms with van der Waals surface area (Å²) in [4.78, 5) is 0. The number of benzene rings is 1. The Bertz CT molecular complexity index is 436. The molecule has 0 aliphatic rings. The van der Waals surface area contributed by atoms with Crippen LogP contribution in [0.5, 0.6) is 0 Å². The van der Waals surface area contributed by atoms with Crippen molar-refractivity contribution in [2.45, 2.75) is 0 Å². The number of hydrogen-bond acceptors (Lipinski definition) is 3. The van der Waals surface area contributed by atoms with Crippen molar-refractivity contribution in [3.63, 3.8) is 0 Å². The van der Waals surface area contributed by atoms with Gasteiger partial charge in [0.1, 0.15) is 0 Å². The molecule has 4 N–H and O–H groups in total. The second-order valence-corrected chi connectivity index (χ2v) is 3.88. The van der Waals surface area contributed by atoms with Gasteiger partial charge in [0, 0.05) is 15.8 Å². The number of rotatable bonds is 0. The lowest BCUT2D eigenvalue weighted by Crippen LogP contribution is -1.85. The molecule has 0 aliphatic carbocycles. The summed E-state index contributed by atoms with van der Waals surface area (Å²) in [5.41, 5.74) is 12.9. The van der Waals surface area contributed by atoms with E-state index in [1.165, 1.54) is 0 Å². The third-order valence-electron chi connectivity index (χ3n) is 1.70. The minimum absolute atomic E-state index is 0.630. The molecular weight excluding hydrogens is 192 g/mol. The van der Waals surface area contributed by atoms with E-state index in [4.69, 9.17) is 23.1 Å². The first-order chi connectivity index (χ1) is 5.68. The smallest absolute Gasteiger partial charge is 0.0594 e. The highest BCUT2D eigenvalue weighted by Gasteiger charge is 2.04. The standard InChI is InChI=1S/C8H7ClN2S/c9-4-1-5-7(11)3-12-8(5)6(10)2-4/h1-3H,10-11H2. The summed E-state index contributed by atoms with van der Waals surface area (Å²) in [5.74, 6) is 0. The molecule has 2 rings (SSSR count). The van der Waals surface area contributed by atoms with Crippen LogP contribution < -0.4 is 11.5 Å². The van der Waals surface area contributed by atoms with Crippen molar-refractivity contribution in [3.05, 3.63) is 22.5 Å². The van der Waals surface area contributed by atoms with Gasteiger partial charge in [0.25, 0.3) is 0 Å². The van der Waals surface area contributed by atoms with Gasteiger partial charge in [0.05, 0.1) is 16.1 Å². The van der Waals surface area contributed by atoms with Crippen LogP contribution in [0.1, 0.15) is 0 Å². The Labute approximate surface area is 78.7 Å². The summed E-state index contributed by atoms with van der Waals surface area (Å²) >= 11 is 7.36. The first-order valence-corrected chi connectivity index (χ1v) is 4.66. The lowest BCUT2D eigenvalue weighted by molar-refractivity contribution is 1.79. The fourth-order valence-corrected chi connectivity index (χ4v) is 2.24. The van der Waals surface area contributed by atoms with E-state index < -0.39 is 0 Å². The number of thiophene rings is 1. The van der Waals surface area contributed by atoms with Gasteiger partial charge in [-0.1, -0.05) is 11.6 Å². The maximum Gasteiger partial charge on any atom is 0.0594 e. The zero-order chi connectivity index (χ0) is 8.72. The minimum atomic E-state index is 0.630. The molecule has 12 heavy (non-hydrogen) atoms. The monoisotopic (exact) mass is 198 g/mol. The molecule has 0 saturated carbocycles. The number of anilines is 2. The zero-order valence-electron chi connectivity index (χ0n) is 6.17. The van der Waals surface area contributed by atoms with E-state index in [0.717, 1.165) is 15.8 Å². The molecule has 0 atom stereocenters. The predicted octanol–water partition coefficient (Wildman–Crippen LogP) is 2.72. The third-order valence-corrected chi connectivity index (χ3v) is 2.98. The molecule has 0 aliphatic heterocycles. The number of halogens is 1. The van der Waals surface area contributed by atoms with E-state index in [1.807, 2.05) is 11.4 Å². The summed E-state index contributed by atoms with van der Waals surface area (Å²) in [5, 5.41) is 3.45. The van der Waals surface area contributed by atoms with E-state index in [1.54, 1.807) is 17.4 Å². The molecule has 1 aromatic carbocycles. The summed E-state index contributed by atoms with van der Waals surface area (Å²) in [7, 11) is 0.